The lowest BCUT2D eigenvalue weighted by Gasteiger charge is -2.36. The SMILES string of the molecule is C[C@@H](O)[C@H](NC(=O)[C@@H]1C[C@@H]2C[C@@H]2N1C(=O)[C@@H]1CCCN1C(=O)[C@@H](NC(=O)OC(C)(C)C)[C@@H](C)OC(C)(C)C)C(N)=O. The van der Waals surface area contributed by atoms with Gasteiger partial charge in [0.1, 0.15) is 29.8 Å². The molecule has 3 aliphatic rings. The van der Waals surface area contributed by atoms with Gasteiger partial charge in [-0.05, 0) is 87.0 Å². The van der Waals surface area contributed by atoms with Gasteiger partial charge in [0.25, 0.3) is 0 Å². The summed E-state index contributed by atoms with van der Waals surface area (Å²) in [4.78, 5) is 68.5. The molecule has 0 aromatic rings. The molecular weight excluding hydrogens is 534 g/mol. The first kappa shape index (κ1) is 32.6. The summed E-state index contributed by atoms with van der Waals surface area (Å²) in [6.45, 7) is 14.0. The van der Waals surface area contributed by atoms with E-state index in [0.717, 1.165) is 6.42 Å². The maximum absolute atomic E-state index is 14.0. The summed E-state index contributed by atoms with van der Waals surface area (Å²) in [5.41, 5.74) is 3.94. The first-order chi connectivity index (χ1) is 18.8. The maximum Gasteiger partial charge on any atom is 0.408 e. The van der Waals surface area contributed by atoms with E-state index >= 15 is 0 Å². The Kier molecular flexibility index (Phi) is 9.64. The number of hydrogen-bond acceptors (Lipinski definition) is 8. The van der Waals surface area contributed by atoms with Gasteiger partial charge < -0.3 is 40.7 Å². The number of aliphatic hydroxyl groups is 1. The third-order valence-corrected chi connectivity index (χ3v) is 7.52. The van der Waals surface area contributed by atoms with Crippen LogP contribution in [0, 0.1) is 5.92 Å². The van der Waals surface area contributed by atoms with Crippen LogP contribution in [0.1, 0.15) is 81.1 Å². The van der Waals surface area contributed by atoms with Crippen molar-refractivity contribution in [1.29, 1.82) is 0 Å². The first-order valence-corrected chi connectivity index (χ1v) is 14.4. The molecule has 0 aromatic heterocycles. The smallest absolute Gasteiger partial charge is 0.408 e. The molecule has 0 spiro atoms. The second-order valence-corrected chi connectivity index (χ2v) is 13.4. The lowest BCUT2D eigenvalue weighted by Crippen LogP contribution is -2.61. The molecule has 8 atom stereocenters. The number of alkyl carbamates (subject to hydrolysis) is 1. The zero-order valence-corrected chi connectivity index (χ0v) is 25.4. The van der Waals surface area contributed by atoms with E-state index in [1.807, 2.05) is 20.8 Å². The highest BCUT2D eigenvalue weighted by atomic mass is 16.6. The predicted octanol–water partition coefficient (Wildman–Crippen LogP) is 0.415. The minimum Gasteiger partial charge on any atom is -0.444 e. The fourth-order valence-corrected chi connectivity index (χ4v) is 5.76. The molecule has 2 heterocycles. The van der Waals surface area contributed by atoms with Crippen LogP contribution in [0.5, 0.6) is 0 Å². The number of carbonyl (C=O) groups excluding carboxylic acids is 5. The molecule has 13 nitrogen and oxygen atoms in total. The van der Waals surface area contributed by atoms with Gasteiger partial charge in [-0.25, -0.2) is 4.79 Å². The Hall–Kier alpha value is -2.93. The van der Waals surface area contributed by atoms with E-state index in [-0.39, 0.29) is 17.9 Å². The molecule has 3 fully saturated rings. The highest BCUT2D eigenvalue weighted by Gasteiger charge is 2.58. The molecule has 13 heteroatoms. The third kappa shape index (κ3) is 8.09. The third-order valence-electron chi connectivity index (χ3n) is 7.52. The molecule has 0 bridgehead atoms. The van der Waals surface area contributed by atoms with Gasteiger partial charge in [-0.1, -0.05) is 0 Å². The van der Waals surface area contributed by atoms with Gasteiger partial charge in [-0.2, -0.15) is 0 Å². The van der Waals surface area contributed by atoms with Crippen LogP contribution in [0.15, 0.2) is 0 Å². The molecule has 2 aliphatic heterocycles. The fourth-order valence-electron chi connectivity index (χ4n) is 5.76. The highest BCUT2D eigenvalue weighted by molar-refractivity contribution is 5.96. The van der Waals surface area contributed by atoms with Crippen molar-refractivity contribution in [2.24, 2.45) is 11.7 Å². The lowest BCUT2D eigenvalue weighted by atomic mass is 10.1. The Balaban J connectivity index is 1.81. The number of ether oxygens (including phenoxy) is 2. The predicted molar refractivity (Wildman–Crippen MR) is 148 cm³/mol. The molecular formula is C28H47N5O8. The minimum atomic E-state index is -1.29. The monoisotopic (exact) mass is 581 g/mol. The molecule has 0 radical (unpaired) electrons. The fraction of sp³-hybridized carbons (Fsp3) is 0.821. The number of piperidine rings is 1. The van der Waals surface area contributed by atoms with Crippen molar-refractivity contribution in [3.8, 4) is 0 Å². The Morgan fingerprint density at radius 3 is 2.10 bits per heavy atom. The van der Waals surface area contributed by atoms with Gasteiger partial charge in [0.05, 0.1) is 17.8 Å². The number of rotatable bonds is 9. The quantitative estimate of drug-likeness (QED) is 0.302. The summed E-state index contributed by atoms with van der Waals surface area (Å²) in [6, 6.07) is -4.21. The van der Waals surface area contributed by atoms with E-state index in [0.29, 0.717) is 25.8 Å². The average molecular weight is 582 g/mol. The van der Waals surface area contributed by atoms with E-state index in [9.17, 15) is 29.1 Å². The van der Waals surface area contributed by atoms with Gasteiger partial charge in [-0.15, -0.1) is 0 Å². The number of amides is 5. The summed E-state index contributed by atoms with van der Waals surface area (Å²) in [6.07, 6.45) is -0.569. The summed E-state index contributed by atoms with van der Waals surface area (Å²) in [5, 5.41) is 15.0. The number of aliphatic hydroxyl groups excluding tert-OH is 1. The van der Waals surface area contributed by atoms with Crippen molar-refractivity contribution >= 4 is 29.7 Å². The number of nitrogens with zero attached hydrogens (tertiary/aromatic N) is 2. The number of nitrogens with one attached hydrogen (secondary N) is 2. The Labute approximate surface area is 241 Å². The Morgan fingerprint density at radius 2 is 1.56 bits per heavy atom. The van der Waals surface area contributed by atoms with Crippen LogP contribution in [0.3, 0.4) is 0 Å². The summed E-state index contributed by atoms with van der Waals surface area (Å²) in [7, 11) is 0. The maximum atomic E-state index is 14.0. The number of nitrogens with two attached hydrogens (primary N) is 1. The van der Waals surface area contributed by atoms with Crippen LogP contribution in [-0.2, 0) is 28.7 Å². The molecule has 41 heavy (non-hydrogen) atoms. The van der Waals surface area contributed by atoms with E-state index in [1.54, 1.807) is 27.7 Å². The number of fused-ring (bicyclic) bond motifs is 1. The normalized spacial score (nSPS) is 26.9. The van der Waals surface area contributed by atoms with E-state index in [2.05, 4.69) is 10.6 Å². The first-order valence-electron chi connectivity index (χ1n) is 14.4. The second kappa shape index (κ2) is 12.1. The van der Waals surface area contributed by atoms with Crippen molar-refractivity contribution in [3.05, 3.63) is 0 Å². The summed E-state index contributed by atoms with van der Waals surface area (Å²) in [5.74, 6) is -2.12. The molecule has 2 saturated heterocycles. The van der Waals surface area contributed by atoms with Gasteiger partial charge in [-0.3, -0.25) is 19.2 Å². The molecule has 0 aromatic carbocycles. The second-order valence-electron chi connectivity index (χ2n) is 13.4. The van der Waals surface area contributed by atoms with Crippen molar-refractivity contribution in [1.82, 2.24) is 20.4 Å². The number of hydrogen-bond donors (Lipinski definition) is 4. The molecule has 3 rings (SSSR count). The topological polar surface area (TPSA) is 181 Å². The van der Waals surface area contributed by atoms with Crippen molar-refractivity contribution in [3.63, 3.8) is 0 Å². The zero-order valence-electron chi connectivity index (χ0n) is 25.4. The molecule has 5 amide bonds. The van der Waals surface area contributed by atoms with Crippen molar-refractivity contribution in [2.75, 3.05) is 6.54 Å². The Morgan fingerprint density at radius 1 is 0.927 bits per heavy atom. The molecule has 1 aliphatic carbocycles. The molecule has 0 unspecified atom stereocenters. The van der Waals surface area contributed by atoms with Crippen molar-refractivity contribution < 1.29 is 38.6 Å². The van der Waals surface area contributed by atoms with E-state index in [4.69, 9.17) is 15.2 Å². The van der Waals surface area contributed by atoms with Gasteiger partial charge in [0.15, 0.2) is 0 Å². The van der Waals surface area contributed by atoms with Gasteiger partial charge in [0.2, 0.25) is 23.6 Å². The van der Waals surface area contributed by atoms with Crippen LogP contribution in [0.25, 0.3) is 0 Å². The average Bonchev–Trinajstić information content (AvgIpc) is 3.23. The highest BCUT2D eigenvalue weighted by Crippen LogP contribution is 2.48. The zero-order chi connectivity index (χ0) is 31.0. The molecule has 232 valence electrons. The van der Waals surface area contributed by atoms with E-state index in [1.165, 1.54) is 16.7 Å². The van der Waals surface area contributed by atoms with Crippen LogP contribution in [-0.4, -0.2) is 105 Å². The van der Waals surface area contributed by atoms with Crippen LogP contribution < -0.4 is 16.4 Å². The lowest BCUT2D eigenvalue weighted by molar-refractivity contribution is -0.151. The van der Waals surface area contributed by atoms with Gasteiger partial charge in [0, 0.05) is 12.6 Å². The minimum absolute atomic E-state index is 0.131. The largest absolute Gasteiger partial charge is 0.444 e. The molecule has 5 N–H and O–H groups in total. The van der Waals surface area contributed by atoms with Gasteiger partial charge >= 0.3 is 6.09 Å². The van der Waals surface area contributed by atoms with E-state index < -0.39 is 71.4 Å². The number of carbonyl (C=O) groups is 5. The van der Waals surface area contributed by atoms with Crippen LogP contribution in [0.2, 0.25) is 0 Å². The van der Waals surface area contributed by atoms with Crippen molar-refractivity contribution in [2.45, 2.75) is 135 Å². The van der Waals surface area contributed by atoms with Crippen LogP contribution in [0.4, 0.5) is 4.79 Å². The van der Waals surface area contributed by atoms with Crippen LogP contribution >= 0.6 is 0 Å². The Bertz CT molecular complexity index is 1040. The summed E-state index contributed by atoms with van der Waals surface area (Å²) >= 11 is 0. The summed E-state index contributed by atoms with van der Waals surface area (Å²) < 4.78 is 11.4. The molecule has 1 saturated carbocycles. The number of likely N-dealkylation sites (tertiary alicyclic amines) is 2. The standard InChI is InChI=1S/C28H47N5O8/c1-14(34)20(22(29)35)30-23(36)19-13-16-12-18(16)33(19)24(37)17-10-9-11-32(17)25(38)21(15(2)40-27(3,4)5)31-26(39)41-28(6,7)8/h14-21,34H,9-13H2,1-8H3,(H2,29,35)(H,30,36)(H,31,39)/t14-,15-,16+,17+,18+,19+,20+,21+/m1/s1. The number of primary amides is 1.